The van der Waals surface area contributed by atoms with Crippen LogP contribution in [0.15, 0.2) is 78.6 Å². The van der Waals surface area contributed by atoms with Crippen LogP contribution >= 0.6 is 22.6 Å². The Morgan fingerprint density at radius 1 is 0.794 bits per heavy atom. The maximum Gasteiger partial charge on any atom is 0.231 e. The molecular formula is C30H27IO3. The minimum absolute atomic E-state index is 0.0890. The molecule has 172 valence electrons. The zero-order chi connectivity index (χ0) is 23.3. The van der Waals surface area contributed by atoms with Crippen LogP contribution in [-0.2, 0) is 0 Å². The van der Waals surface area contributed by atoms with E-state index >= 15 is 0 Å². The number of benzene rings is 4. The Morgan fingerprint density at radius 3 is 2.21 bits per heavy atom. The van der Waals surface area contributed by atoms with E-state index in [-0.39, 0.29) is 5.78 Å². The van der Waals surface area contributed by atoms with Crippen molar-refractivity contribution in [2.75, 3.05) is 11.0 Å². The fourth-order valence-corrected chi connectivity index (χ4v) is 5.05. The summed E-state index contributed by atoms with van der Waals surface area (Å²) in [5, 5.41) is 4.48. The molecule has 1 aliphatic heterocycles. The van der Waals surface area contributed by atoms with Gasteiger partial charge in [-0.2, -0.15) is 0 Å². The fraction of sp³-hybridized carbons (Fsp3) is 0.233. The maximum atomic E-state index is 13.1. The summed E-state index contributed by atoms with van der Waals surface area (Å²) in [6.07, 6.45) is 7.95. The molecule has 0 saturated carbocycles. The minimum atomic E-state index is -0.0890. The number of carbonyl (C=O) groups excluding carboxylic acids is 1. The van der Waals surface area contributed by atoms with Gasteiger partial charge >= 0.3 is 0 Å². The molecule has 0 unspecified atom stereocenters. The van der Waals surface area contributed by atoms with Crippen LogP contribution in [0.4, 0.5) is 0 Å². The van der Waals surface area contributed by atoms with Crippen molar-refractivity contribution >= 4 is 56.0 Å². The molecule has 5 rings (SSSR count). The second-order valence-corrected chi connectivity index (χ2v) is 9.71. The van der Waals surface area contributed by atoms with Gasteiger partial charge in [0, 0.05) is 6.07 Å². The van der Waals surface area contributed by atoms with Crippen LogP contribution in [0, 0.1) is 0 Å². The lowest BCUT2D eigenvalue weighted by Crippen LogP contribution is -1.98. The minimum Gasteiger partial charge on any atom is -0.493 e. The highest BCUT2D eigenvalue weighted by Gasteiger charge is 2.28. The van der Waals surface area contributed by atoms with E-state index in [0.717, 1.165) is 39.3 Å². The average molecular weight is 562 g/mol. The molecule has 0 bridgehead atoms. The monoisotopic (exact) mass is 562 g/mol. The quantitative estimate of drug-likeness (QED) is 0.0676. The number of unbranched alkanes of at least 4 members (excludes halogenated alkanes) is 4. The first-order valence-corrected chi connectivity index (χ1v) is 13.4. The first kappa shape index (κ1) is 22.9. The molecular weight excluding hydrogens is 535 g/mol. The van der Waals surface area contributed by atoms with Gasteiger partial charge in [-0.3, -0.25) is 4.79 Å². The number of rotatable bonds is 9. The molecule has 1 heterocycles. The topological polar surface area (TPSA) is 35.5 Å². The van der Waals surface area contributed by atoms with Crippen molar-refractivity contribution in [2.45, 2.75) is 32.1 Å². The highest BCUT2D eigenvalue weighted by atomic mass is 127. The highest BCUT2D eigenvalue weighted by molar-refractivity contribution is 14.1. The molecule has 0 radical (unpaired) electrons. The molecule has 0 spiro atoms. The van der Waals surface area contributed by atoms with E-state index in [0.29, 0.717) is 23.7 Å². The molecule has 0 saturated heterocycles. The first-order valence-electron chi connectivity index (χ1n) is 11.9. The lowest BCUT2D eigenvalue weighted by atomic mass is 9.96. The predicted molar refractivity (Wildman–Crippen MR) is 148 cm³/mol. The predicted octanol–water partition coefficient (Wildman–Crippen LogP) is 8.37. The van der Waals surface area contributed by atoms with Crippen molar-refractivity contribution in [1.82, 2.24) is 0 Å². The molecule has 4 aromatic carbocycles. The van der Waals surface area contributed by atoms with Gasteiger partial charge < -0.3 is 9.47 Å². The van der Waals surface area contributed by atoms with Crippen LogP contribution in [0.3, 0.4) is 0 Å². The number of hydrogen-bond acceptors (Lipinski definition) is 3. The van der Waals surface area contributed by atoms with Gasteiger partial charge in [0.05, 0.1) is 12.2 Å². The van der Waals surface area contributed by atoms with E-state index < -0.39 is 0 Å². The van der Waals surface area contributed by atoms with Gasteiger partial charge in [0.15, 0.2) is 5.76 Å². The maximum absolute atomic E-state index is 13.1. The van der Waals surface area contributed by atoms with Crippen molar-refractivity contribution < 1.29 is 14.3 Å². The number of halogens is 1. The number of fused-ring (bicyclic) bond motifs is 3. The summed E-state index contributed by atoms with van der Waals surface area (Å²) < 4.78 is 13.2. The van der Waals surface area contributed by atoms with Gasteiger partial charge in [0.1, 0.15) is 11.5 Å². The van der Waals surface area contributed by atoms with E-state index in [4.69, 9.17) is 9.47 Å². The van der Waals surface area contributed by atoms with E-state index in [1.807, 2.05) is 48.5 Å². The lowest BCUT2D eigenvalue weighted by Gasteiger charge is -2.09. The Bertz CT molecular complexity index is 1320. The van der Waals surface area contributed by atoms with Crippen molar-refractivity contribution in [1.29, 1.82) is 0 Å². The SMILES string of the molecule is O=C1/C(=C/c2c3ccccc3cc3ccccc23)Oc2cc(OCCCCCCCI)ccc21. The smallest absolute Gasteiger partial charge is 0.231 e. The second kappa shape index (κ2) is 10.6. The Balaban J connectivity index is 1.37. The van der Waals surface area contributed by atoms with E-state index in [2.05, 4.69) is 52.9 Å². The number of ketones is 1. The molecule has 0 fully saturated rings. The number of allylic oxidation sites excluding steroid dienone is 1. The molecule has 4 heteroatoms. The molecule has 0 aliphatic carbocycles. The number of carbonyl (C=O) groups is 1. The van der Waals surface area contributed by atoms with Crippen LogP contribution < -0.4 is 9.47 Å². The van der Waals surface area contributed by atoms with Crippen molar-refractivity contribution in [3.63, 3.8) is 0 Å². The number of ether oxygens (including phenoxy) is 2. The van der Waals surface area contributed by atoms with Crippen LogP contribution in [0.2, 0.25) is 0 Å². The van der Waals surface area contributed by atoms with Crippen molar-refractivity contribution in [3.8, 4) is 11.5 Å². The van der Waals surface area contributed by atoms with Crippen LogP contribution in [0.5, 0.6) is 11.5 Å². The lowest BCUT2D eigenvalue weighted by molar-refractivity contribution is 0.101. The van der Waals surface area contributed by atoms with Crippen LogP contribution in [0.1, 0.15) is 48.0 Å². The van der Waals surface area contributed by atoms with Gasteiger partial charge in [-0.05, 0) is 68.7 Å². The standard InChI is InChI=1S/C30H27IO3/c31-16-8-2-1-3-9-17-33-23-14-15-26-28(19-23)34-29(30(26)32)20-27-24-12-6-4-10-21(24)18-22-11-5-7-13-25(22)27/h4-7,10-15,18-20H,1-3,8-9,16-17H2/b29-20-. The molecule has 0 atom stereocenters. The zero-order valence-corrected chi connectivity index (χ0v) is 21.2. The summed E-state index contributed by atoms with van der Waals surface area (Å²) in [6.45, 7) is 0.682. The number of alkyl halides is 1. The van der Waals surface area contributed by atoms with Crippen molar-refractivity contribution in [3.05, 3.63) is 89.7 Å². The number of Topliss-reactive ketones (excluding diaryl/α,β-unsaturated/α-hetero) is 1. The summed E-state index contributed by atoms with van der Waals surface area (Å²) in [4.78, 5) is 13.1. The highest BCUT2D eigenvalue weighted by Crippen LogP contribution is 2.37. The largest absolute Gasteiger partial charge is 0.493 e. The van der Waals surface area contributed by atoms with Gasteiger partial charge in [-0.25, -0.2) is 0 Å². The second-order valence-electron chi connectivity index (χ2n) is 8.64. The van der Waals surface area contributed by atoms with E-state index in [1.54, 1.807) is 0 Å². The van der Waals surface area contributed by atoms with Gasteiger partial charge in [-0.15, -0.1) is 0 Å². The summed E-state index contributed by atoms with van der Waals surface area (Å²) in [5.41, 5.74) is 1.59. The normalized spacial score (nSPS) is 14.0. The van der Waals surface area contributed by atoms with Crippen LogP contribution in [0.25, 0.3) is 27.6 Å². The molecule has 3 nitrogen and oxygen atoms in total. The fourth-order valence-electron chi connectivity index (χ4n) is 4.51. The molecule has 1 aliphatic rings. The Labute approximate surface area is 213 Å². The molecule has 0 aromatic heterocycles. The summed E-state index contributed by atoms with van der Waals surface area (Å²) in [7, 11) is 0. The first-order chi connectivity index (χ1) is 16.7. The molecule has 0 N–H and O–H groups in total. The van der Waals surface area contributed by atoms with Gasteiger partial charge in [0.25, 0.3) is 0 Å². The van der Waals surface area contributed by atoms with Gasteiger partial charge in [0.2, 0.25) is 5.78 Å². The number of hydrogen-bond donors (Lipinski definition) is 0. The van der Waals surface area contributed by atoms with Crippen molar-refractivity contribution in [2.24, 2.45) is 0 Å². The Kier molecular flexibility index (Phi) is 7.14. The molecule has 0 amide bonds. The summed E-state index contributed by atoms with van der Waals surface area (Å²) in [6, 6.07) is 24.2. The Hall–Kier alpha value is -2.86. The zero-order valence-electron chi connectivity index (χ0n) is 19.1. The summed E-state index contributed by atoms with van der Waals surface area (Å²) >= 11 is 2.43. The van der Waals surface area contributed by atoms with Gasteiger partial charge in [-0.1, -0.05) is 90.4 Å². The third-order valence-electron chi connectivity index (χ3n) is 6.28. The third kappa shape index (κ3) is 4.83. The third-order valence-corrected chi connectivity index (χ3v) is 7.04. The average Bonchev–Trinajstić information content (AvgIpc) is 3.17. The molecule has 34 heavy (non-hydrogen) atoms. The Morgan fingerprint density at radius 2 is 1.47 bits per heavy atom. The van der Waals surface area contributed by atoms with E-state index in [9.17, 15) is 4.79 Å². The van der Waals surface area contributed by atoms with Crippen LogP contribution in [-0.4, -0.2) is 16.8 Å². The van der Waals surface area contributed by atoms with E-state index in [1.165, 1.54) is 30.1 Å². The molecule has 4 aromatic rings. The summed E-state index contributed by atoms with van der Waals surface area (Å²) in [5.74, 6) is 1.58.